The fraction of sp³-hybridized carbons (Fsp3) is 0.429. The summed E-state index contributed by atoms with van der Waals surface area (Å²) in [5.41, 5.74) is 6.33. The Morgan fingerprint density at radius 1 is 1.00 bits per heavy atom. The molecule has 2 nitrogen and oxygen atoms in total. The molecule has 0 aromatic heterocycles. The van der Waals surface area contributed by atoms with Gasteiger partial charge in [-0.1, -0.05) is 49.7 Å². The first-order valence-corrected chi connectivity index (χ1v) is 8.49. The highest BCUT2D eigenvalue weighted by molar-refractivity contribution is 5.58. The van der Waals surface area contributed by atoms with Crippen LogP contribution in [-0.2, 0) is 6.54 Å². The molecule has 0 fully saturated rings. The number of nitrogens with one attached hydrogen (secondary N) is 1. The van der Waals surface area contributed by atoms with Crippen LogP contribution in [0.2, 0.25) is 0 Å². The van der Waals surface area contributed by atoms with Gasteiger partial charge in [-0.05, 0) is 50.3 Å². The molecule has 0 amide bonds. The molecule has 0 bridgehead atoms. The van der Waals surface area contributed by atoms with Crippen LogP contribution in [0, 0.1) is 26.7 Å². The monoisotopic (exact) mass is 311 g/mol. The molecule has 0 saturated carbocycles. The quantitative estimate of drug-likeness (QED) is 0.713. The van der Waals surface area contributed by atoms with Gasteiger partial charge in [0.2, 0.25) is 0 Å². The summed E-state index contributed by atoms with van der Waals surface area (Å²) in [6.45, 7) is 12.5. The SMILES string of the molecule is Cc1cc(C)c(NCc2ccccc2OCCC(C)C)c(C)c1. The number of hydrogen-bond acceptors (Lipinski definition) is 2. The summed E-state index contributed by atoms with van der Waals surface area (Å²) < 4.78 is 5.98. The summed E-state index contributed by atoms with van der Waals surface area (Å²) in [5, 5.41) is 3.58. The molecule has 0 spiro atoms. The van der Waals surface area contributed by atoms with Gasteiger partial charge in [0.05, 0.1) is 6.61 Å². The van der Waals surface area contributed by atoms with Gasteiger partial charge in [0, 0.05) is 17.8 Å². The van der Waals surface area contributed by atoms with Crippen LogP contribution >= 0.6 is 0 Å². The van der Waals surface area contributed by atoms with Crippen molar-refractivity contribution in [2.75, 3.05) is 11.9 Å². The Balaban J connectivity index is 2.06. The third-order valence-corrected chi connectivity index (χ3v) is 4.06. The number of para-hydroxylation sites is 1. The van der Waals surface area contributed by atoms with Crippen LogP contribution in [0.4, 0.5) is 5.69 Å². The maximum atomic E-state index is 5.98. The summed E-state index contributed by atoms with van der Waals surface area (Å²) in [5.74, 6) is 1.65. The van der Waals surface area contributed by atoms with E-state index in [0.29, 0.717) is 5.92 Å². The van der Waals surface area contributed by atoms with Crippen molar-refractivity contribution in [3.8, 4) is 5.75 Å². The zero-order chi connectivity index (χ0) is 16.8. The molecule has 1 N–H and O–H groups in total. The number of hydrogen-bond donors (Lipinski definition) is 1. The number of anilines is 1. The van der Waals surface area contributed by atoms with E-state index in [0.717, 1.165) is 25.3 Å². The first kappa shape index (κ1) is 17.4. The molecule has 0 aliphatic carbocycles. The molecule has 124 valence electrons. The highest BCUT2D eigenvalue weighted by Gasteiger charge is 2.07. The lowest BCUT2D eigenvalue weighted by Crippen LogP contribution is -2.07. The lowest BCUT2D eigenvalue weighted by Gasteiger charge is -2.16. The van der Waals surface area contributed by atoms with Crippen molar-refractivity contribution < 1.29 is 4.74 Å². The van der Waals surface area contributed by atoms with Crippen molar-refractivity contribution in [2.24, 2.45) is 5.92 Å². The molecule has 0 unspecified atom stereocenters. The lowest BCUT2D eigenvalue weighted by atomic mass is 10.0. The standard InChI is InChI=1S/C21H29NO/c1-15(2)10-11-23-20-9-7-6-8-19(20)14-22-21-17(4)12-16(3)13-18(21)5/h6-9,12-13,15,22H,10-11,14H2,1-5H3. The molecule has 23 heavy (non-hydrogen) atoms. The molecule has 0 saturated heterocycles. The van der Waals surface area contributed by atoms with Crippen molar-refractivity contribution in [1.82, 2.24) is 0 Å². The average molecular weight is 311 g/mol. The topological polar surface area (TPSA) is 21.3 Å². The van der Waals surface area contributed by atoms with Crippen molar-refractivity contribution in [1.29, 1.82) is 0 Å². The maximum absolute atomic E-state index is 5.98. The van der Waals surface area contributed by atoms with E-state index in [9.17, 15) is 0 Å². The second-order valence-electron chi connectivity index (χ2n) is 6.77. The molecule has 2 rings (SSSR count). The summed E-state index contributed by atoms with van der Waals surface area (Å²) >= 11 is 0. The number of rotatable bonds is 7. The largest absolute Gasteiger partial charge is 0.493 e. The van der Waals surface area contributed by atoms with Crippen LogP contribution in [0.1, 0.15) is 42.5 Å². The molecule has 2 aromatic carbocycles. The zero-order valence-corrected chi connectivity index (χ0v) is 15.1. The van der Waals surface area contributed by atoms with Crippen molar-refractivity contribution in [2.45, 2.75) is 47.6 Å². The Bertz CT molecular complexity index is 623. The van der Waals surface area contributed by atoms with Gasteiger partial charge in [-0.25, -0.2) is 0 Å². The molecule has 0 atom stereocenters. The van der Waals surface area contributed by atoms with Crippen molar-refractivity contribution >= 4 is 5.69 Å². The highest BCUT2D eigenvalue weighted by Crippen LogP contribution is 2.25. The van der Waals surface area contributed by atoms with Crippen LogP contribution in [0.15, 0.2) is 36.4 Å². The van der Waals surface area contributed by atoms with Gasteiger partial charge < -0.3 is 10.1 Å². The van der Waals surface area contributed by atoms with Crippen LogP contribution in [0.3, 0.4) is 0 Å². The van der Waals surface area contributed by atoms with Crippen molar-refractivity contribution in [3.05, 3.63) is 58.7 Å². The number of ether oxygens (including phenoxy) is 1. The Morgan fingerprint density at radius 2 is 1.65 bits per heavy atom. The molecule has 2 aromatic rings. The Kier molecular flexibility index (Phi) is 6.09. The van der Waals surface area contributed by atoms with Gasteiger partial charge in [0.15, 0.2) is 0 Å². The normalized spacial score (nSPS) is 10.9. The van der Waals surface area contributed by atoms with E-state index in [4.69, 9.17) is 4.74 Å². The third-order valence-electron chi connectivity index (χ3n) is 4.06. The fourth-order valence-electron chi connectivity index (χ4n) is 2.84. The van der Waals surface area contributed by atoms with E-state index in [1.165, 1.54) is 27.9 Å². The zero-order valence-electron chi connectivity index (χ0n) is 15.1. The second kappa shape index (κ2) is 8.05. The molecule has 0 aliphatic rings. The van der Waals surface area contributed by atoms with Gasteiger partial charge in [0.1, 0.15) is 5.75 Å². The molecule has 0 heterocycles. The molecule has 0 radical (unpaired) electrons. The van der Waals surface area contributed by atoms with Crippen LogP contribution in [-0.4, -0.2) is 6.61 Å². The molecule has 0 aliphatic heterocycles. The van der Waals surface area contributed by atoms with E-state index in [1.54, 1.807) is 0 Å². The van der Waals surface area contributed by atoms with Crippen LogP contribution in [0.25, 0.3) is 0 Å². The van der Waals surface area contributed by atoms with E-state index >= 15 is 0 Å². The van der Waals surface area contributed by atoms with Crippen LogP contribution < -0.4 is 10.1 Å². The minimum atomic E-state index is 0.665. The Labute approximate surface area is 140 Å². The summed E-state index contributed by atoms with van der Waals surface area (Å²) in [4.78, 5) is 0. The maximum Gasteiger partial charge on any atom is 0.124 e. The summed E-state index contributed by atoms with van der Waals surface area (Å²) in [7, 11) is 0. The van der Waals surface area contributed by atoms with E-state index in [-0.39, 0.29) is 0 Å². The number of aryl methyl sites for hydroxylation is 3. The number of benzene rings is 2. The van der Waals surface area contributed by atoms with Gasteiger partial charge in [-0.15, -0.1) is 0 Å². The predicted molar refractivity (Wildman–Crippen MR) is 99.4 cm³/mol. The minimum Gasteiger partial charge on any atom is -0.493 e. The average Bonchev–Trinajstić information content (AvgIpc) is 2.47. The Hall–Kier alpha value is -1.96. The summed E-state index contributed by atoms with van der Waals surface area (Å²) in [6, 6.07) is 12.8. The van der Waals surface area contributed by atoms with E-state index in [2.05, 4.69) is 70.3 Å². The van der Waals surface area contributed by atoms with Gasteiger partial charge in [-0.3, -0.25) is 0 Å². The minimum absolute atomic E-state index is 0.665. The Morgan fingerprint density at radius 3 is 2.30 bits per heavy atom. The molecular weight excluding hydrogens is 282 g/mol. The molecule has 2 heteroatoms. The third kappa shape index (κ3) is 5.02. The van der Waals surface area contributed by atoms with Crippen LogP contribution in [0.5, 0.6) is 5.75 Å². The van der Waals surface area contributed by atoms with E-state index < -0.39 is 0 Å². The highest BCUT2D eigenvalue weighted by atomic mass is 16.5. The van der Waals surface area contributed by atoms with E-state index in [1.807, 2.05) is 6.07 Å². The first-order valence-electron chi connectivity index (χ1n) is 8.49. The molecular formula is C21H29NO. The van der Waals surface area contributed by atoms with Gasteiger partial charge >= 0.3 is 0 Å². The lowest BCUT2D eigenvalue weighted by molar-refractivity contribution is 0.287. The fourth-order valence-corrected chi connectivity index (χ4v) is 2.84. The van der Waals surface area contributed by atoms with Gasteiger partial charge in [0.25, 0.3) is 0 Å². The smallest absolute Gasteiger partial charge is 0.124 e. The predicted octanol–water partition coefficient (Wildman–Crippen LogP) is 5.65. The first-order chi connectivity index (χ1) is 11.0. The second-order valence-corrected chi connectivity index (χ2v) is 6.77. The van der Waals surface area contributed by atoms with Gasteiger partial charge in [-0.2, -0.15) is 0 Å². The van der Waals surface area contributed by atoms with Crippen molar-refractivity contribution in [3.63, 3.8) is 0 Å². The summed E-state index contributed by atoms with van der Waals surface area (Å²) in [6.07, 6.45) is 1.08.